The highest BCUT2D eigenvalue weighted by Gasteiger charge is 2.32. The second kappa shape index (κ2) is 5.92. The molecule has 1 unspecified atom stereocenters. The number of hydrogen-bond acceptors (Lipinski definition) is 3. The summed E-state index contributed by atoms with van der Waals surface area (Å²) < 4.78 is 27.1. The molecule has 1 heterocycles. The highest BCUT2D eigenvalue weighted by molar-refractivity contribution is 7.89. The van der Waals surface area contributed by atoms with E-state index in [0.717, 1.165) is 32.1 Å². The minimum absolute atomic E-state index is 0.144. The molecule has 106 valence electrons. The molecular formula is C14H22N2O2S. The van der Waals surface area contributed by atoms with Crippen LogP contribution in [-0.2, 0) is 10.0 Å². The summed E-state index contributed by atoms with van der Waals surface area (Å²) in [4.78, 5) is 0.315. The molecule has 5 heteroatoms. The van der Waals surface area contributed by atoms with Gasteiger partial charge in [0.2, 0.25) is 10.0 Å². The Morgan fingerprint density at radius 1 is 1.37 bits per heavy atom. The van der Waals surface area contributed by atoms with Crippen molar-refractivity contribution in [3.8, 4) is 0 Å². The van der Waals surface area contributed by atoms with Gasteiger partial charge < -0.3 is 5.73 Å². The highest BCUT2D eigenvalue weighted by Crippen LogP contribution is 2.28. The predicted molar refractivity (Wildman–Crippen MR) is 77.3 cm³/mol. The molecule has 0 bridgehead atoms. The third kappa shape index (κ3) is 3.09. The van der Waals surface area contributed by atoms with Crippen molar-refractivity contribution in [2.45, 2.75) is 50.0 Å². The molecule has 1 aliphatic heterocycles. The molecule has 0 aliphatic carbocycles. The van der Waals surface area contributed by atoms with E-state index in [9.17, 15) is 8.42 Å². The van der Waals surface area contributed by atoms with Gasteiger partial charge in [-0.05, 0) is 37.5 Å². The van der Waals surface area contributed by atoms with E-state index in [-0.39, 0.29) is 6.04 Å². The maximum absolute atomic E-state index is 12.7. The number of nitrogen functional groups attached to an aromatic ring is 1. The van der Waals surface area contributed by atoms with Crippen molar-refractivity contribution in [3.63, 3.8) is 0 Å². The van der Waals surface area contributed by atoms with Gasteiger partial charge in [-0.1, -0.05) is 25.8 Å². The summed E-state index contributed by atoms with van der Waals surface area (Å²) in [5.41, 5.74) is 6.19. The molecule has 1 fully saturated rings. The molecule has 4 nitrogen and oxygen atoms in total. The largest absolute Gasteiger partial charge is 0.399 e. The summed E-state index contributed by atoms with van der Waals surface area (Å²) in [5.74, 6) is 0. The molecule has 2 rings (SSSR count). The van der Waals surface area contributed by atoms with E-state index in [1.54, 1.807) is 28.6 Å². The first-order valence-corrected chi connectivity index (χ1v) is 8.37. The minimum Gasteiger partial charge on any atom is -0.399 e. The number of piperidine rings is 1. The summed E-state index contributed by atoms with van der Waals surface area (Å²) in [7, 11) is -3.40. The molecule has 19 heavy (non-hydrogen) atoms. The smallest absolute Gasteiger partial charge is 0.243 e. The van der Waals surface area contributed by atoms with Gasteiger partial charge in [0.1, 0.15) is 0 Å². The number of nitrogens with zero attached hydrogens (tertiary/aromatic N) is 1. The predicted octanol–water partition coefficient (Wildman–Crippen LogP) is 2.61. The lowest BCUT2D eigenvalue weighted by Gasteiger charge is -2.34. The molecule has 1 atom stereocenters. The SMILES string of the molecule is CCCC1CCCCN1S(=O)(=O)c1cccc(N)c1. The Morgan fingerprint density at radius 3 is 2.84 bits per heavy atom. The van der Waals surface area contributed by atoms with Crippen LogP contribution < -0.4 is 5.73 Å². The van der Waals surface area contributed by atoms with Crippen molar-refractivity contribution in [1.82, 2.24) is 4.31 Å². The lowest BCUT2D eigenvalue weighted by molar-refractivity contribution is 0.239. The Morgan fingerprint density at radius 2 is 2.16 bits per heavy atom. The van der Waals surface area contributed by atoms with Crippen LogP contribution >= 0.6 is 0 Å². The summed E-state index contributed by atoms with van der Waals surface area (Å²) in [6.45, 7) is 2.72. The van der Waals surface area contributed by atoms with Gasteiger partial charge in [0.05, 0.1) is 4.90 Å². The number of anilines is 1. The molecule has 1 aliphatic rings. The van der Waals surface area contributed by atoms with E-state index in [0.29, 0.717) is 17.1 Å². The summed E-state index contributed by atoms with van der Waals surface area (Å²) in [5, 5.41) is 0. The van der Waals surface area contributed by atoms with Crippen LogP contribution in [0.2, 0.25) is 0 Å². The number of rotatable bonds is 4. The maximum atomic E-state index is 12.7. The van der Waals surface area contributed by atoms with Crippen LogP contribution in [0.1, 0.15) is 39.0 Å². The zero-order valence-electron chi connectivity index (χ0n) is 11.4. The number of hydrogen-bond donors (Lipinski definition) is 1. The minimum atomic E-state index is -3.40. The Balaban J connectivity index is 2.31. The molecule has 0 aromatic heterocycles. The van der Waals surface area contributed by atoms with E-state index in [4.69, 9.17) is 5.73 Å². The molecular weight excluding hydrogens is 260 g/mol. The highest BCUT2D eigenvalue weighted by atomic mass is 32.2. The summed E-state index contributed by atoms with van der Waals surface area (Å²) in [6.07, 6.45) is 4.97. The van der Waals surface area contributed by atoms with Crippen LogP contribution in [0.5, 0.6) is 0 Å². The Bertz CT molecular complexity index is 526. The van der Waals surface area contributed by atoms with Crippen molar-refractivity contribution in [1.29, 1.82) is 0 Å². The van der Waals surface area contributed by atoms with Gasteiger partial charge in [-0.3, -0.25) is 0 Å². The van der Waals surface area contributed by atoms with Crippen molar-refractivity contribution >= 4 is 15.7 Å². The fraction of sp³-hybridized carbons (Fsp3) is 0.571. The quantitative estimate of drug-likeness (QED) is 0.863. The van der Waals surface area contributed by atoms with Crippen LogP contribution in [0.3, 0.4) is 0 Å². The molecule has 0 saturated carbocycles. The molecule has 1 saturated heterocycles. The Hall–Kier alpha value is -1.07. The number of sulfonamides is 1. The summed E-state index contributed by atoms with van der Waals surface area (Å²) in [6, 6.07) is 6.72. The van der Waals surface area contributed by atoms with Crippen LogP contribution in [0.4, 0.5) is 5.69 Å². The topological polar surface area (TPSA) is 63.4 Å². The van der Waals surface area contributed by atoms with Crippen molar-refractivity contribution in [2.75, 3.05) is 12.3 Å². The van der Waals surface area contributed by atoms with Gasteiger partial charge in [-0.25, -0.2) is 8.42 Å². The van der Waals surface area contributed by atoms with E-state index in [1.807, 2.05) is 0 Å². The van der Waals surface area contributed by atoms with Gasteiger partial charge in [0, 0.05) is 18.3 Å². The van der Waals surface area contributed by atoms with E-state index in [2.05, 4.69) is 6.92 Å². The zero-order valence-corrected chi connectivity index (χ0v) is 12.2. The number of nitrogens with two attached hydrogens (primary N) is 1. The second-order valence-electron chi connectivity index (χ2n) is 5.13. The lowest BCUT2D eigenvalue weighted by Crippen LogP contribution is -2.43. The average Bonchev–Trinajstić information content (AvgIpc) is 2.39. The van der Waals surface area contributed by atoms with Crippen molar-refractivity contribution in [2.24, 2.45) is 0 Å². The summed E-state index contributed by atoms with van der Waals surface area (Å²) >= 11 is 0. The first-order chi connectivity index (χ1) is 9.05. The molecule has 1 aromatic rings. The Kier molecular flexibility index (Phi) is 4.47. The van der Waals surface area contributed by atoms with Crippen molar-refractivity contribution in [3.05, 3.63) is 24.3 Å². The van der Waals surface area contributed by atoms with Crippen LogP contribution in [-0.4, -0.2) is 25.3 Å². The maximum Gasteiger partial charge on any atom is 0.243 e. The average molecular weight is 282 g/mol. The van der Waals surface area contributed by atoms with Crippen molar-refractivity contribution < 1.29 is 8.42 Å². The van der Waals surface area contributed by atoms with E-state index >= 15 is 0 Å². The first kappa shape index (κ1) is 14.3. The fourth-order valence-electron chi connectivity index (χ4n) is 2.72. The number of benzene rings is 1. The molecule has 0 amide bonds. The first-order valence-electron chi connectivity index (χ1n) is 6.93. The van der Waals surface area contributed by atoms with Gasteiger partial charge in [-0.15, -0.1) is 0 Å². The molecule has 0 radical (unpaired) electrons. The zero-order chi connectivity index (χ0) is 13.9. The van der Waals surface area contributed by atoms with Gasteiger partial charge in [0.15, 0.2) is 0 Å². The standard InChI is InChI=1S/C14H22N2O2S/c1-2-6-13-8-3-4-10-16(13)19(17,18)14-9-5-7-12(15)11-14/h5,7,9,11,13H,2-4,6,8,10,15H2,1H3. The van der Waals surface area contributed by atoms with Gasteiger partial charge >= 0.3 is 0 Å². The van der Waals surface area contributed by atoms with Crippen LogP contribution in [0, 0.1) is 0 Å². The second-order valence-corrected chi connectivity index (χ2v) is 7.02. The van der Waals surface area contributed by atoms with Crippen LogP contribution in [0.25, 0.3) is 0 Å². The Labute approximate surface area is 115 Å². The van der Waals surface area contributed by atoms with Crippen LogP contribution in [0.15, 0.2) is 29.2 Å². The third-order valence-corrected chi connectivity index (χ3v) is 5.61. The third-order valence-electron chi connectivity index (χ3n) is 3.66. The monoisotopic (exact) mass is 282 g/mol. The molecule has 1 aromatic carbocycles. The molecule has 2 N–H and O–H groups in total. The van der Waals surface area contributed by atoms with Gasteiger partial charge in [-0.2, -0.15) is 4.31 Å². The molecule has 0 spiro atoms. The fourth-order valence-corrected chi connectivity index (χ4v) is 4.50. The van der Waals surface area contributed by atoms with E-state index in [1.165, 1.54) is 0 Å². The lowest BCUT2D eigenvalue weighted by atomic mass is 10.0. The normalized spacial score (nSPS) is 21.4. The van der Waals surface area contributed by atoms with E-state index < -0.39 is 10.0 Å². The van der Waals surface area contributed by atoms with Gasteiger partial charge in [0.25, 0.3) is 0 Å².